The Labute approximate surface area is 223 Å². The van der Waals surface area contributed by atoms with Gasteiger partial charge in [-0.2, -0.15) is 17.0 Å². The average molecular weight is 548 g/mol. The van der Waals surface area contributed by atoms with Crippen molar-refractivity contribution in [3.8, 4) is 0 Å². The maximum absolute atomic E-state index is 13.6. The van der Waals surface area contributed by atoms with Crippen molar-refractivity contribution in [1.29, 1.82) is 0 Å². The number of nitrogens with zero attached hydrogens (tertiary/aromatic N) is 2. The van der Waals surface area contributed by atoms with E-state index in [9.17, 15) is 22.8 Å². The fraction of sp³-hybridized carbons (Fsp3) is 0.654. The van der Waals surface area contributed by atoms with Gasteiger partial charge >= 0.3 is 6.09 Å². The van der Waals surface area contributed by atoms with Crippen molar-refractivity contribution in [2.24, 2.45) is 0 Å². The number of rotatable bonds is 5. The highest BCUT2D eigenvalue weighted by atomic mass is 32.2. The second-order valence-electron chi connectivity index (χ2n) is 11.8. The topological polar surface area (TPSA) is 137 Å². The summed E-state index contributed by atoms with van der Waals surface area (Å²) in [5, 5.41) is 8.72. The molecule has 4 aliphatic rings. The zero-order valence-corrected chi connectivity index (χ0v) is 23.0. The highest BCUT2D eigenvalue weighted by Gasteiger charge is 2.49. The first-order valence-electron chi connectivity index (χ1n) is 13.4. The Morgan fingerprint density at radius 1 is 1.00 bits per heavy atom. The van der Waals surface area contributed by atoms with Gasteiger partial charge in [0.05, 0.1) is 6.42 Å². The zero-order chi connectivity index (χ0) is 27.2. The van der Waals surface area contributed by atoms with Crippen LogP contribution in [0, 0.1) is 0 Å². The molecule has 0 unspecified atom stereocenters. The first-order valence-corrected chi connectivity index (χ1v) is 14.8. The lowest BCUT2D eigenvalue weighted by Gasteiger charge is -2.42. The number of carbonyl (C=O) groups excluding carboxylic acids is 3. The van der Waals surface area contributed by atoms with Crippen LogP contribution in [0.5, 0.6) is 0 Å². The maximum Gasteiger partial charge on any atom is 0.407 e. The quantitative estimate of drug-likeness (QED) is 0.517. The van der Waals surface area contributed by atoms with Gasteiger partial charge in [0, 0.05) is 48.5 Å². The summed E-state index contributed by atoms with van der Waals surface area (Å²) in [6.07, 6.45) is 3.55. The minimum absolute atomic E-state index is 0.0776. The van der Waals surface area contributed by atoms with Crippen LogP contribution in [0.3, 0.4) is 0 Å². The van der Waals surface area contributed by atoms with E-state index in [4.69, 9.17) is 4.74 Å². The molecule has 1 aromatic rings. The van der Waals surface area contributed by atoms with Crippen LogP contribution >= 0.6 is 0 Å². The first kappa shape index (κ1) is 26.9. The first-order chi connectivity index (χ1) is 17.9. The molecule has 0 saturated carbocycles. The van der Waals surface area contributed by atoms with Gasteiger partial charge in [-0.3, -0.25) is 9.59 Å². The van der Waals surface area contributed by atoms with E-state index in [2.05, 4.69) is 16.0 Å². The number of fused-ring (bicyclic) bond motifs is 3. The van der Waals surface area contributed by atoms with Gasteiger partial charge in [-0.25, -0.2) is 4.79 Å². The summed E-state index contributed by atoms with van der Waals surface area (Å²) in [4.78, 5) is 36.6. The number of piperidine rings is 2. The van der Waals surface area contributed by atoms with Crippen molar-refractivity contribution in [2.45, 2.75) is 95.5 Å². The van der Waals surface area contributed by atoms with Gasteiger partial charge in [-0.1, -0.05) is 0 Å². The number of alkyl carbamates (subject to hydrolysis) is 1. The number of benzene rings is 1. The molecule has 3 atom stereocenters. The molecule has 0 radical (unpaired) electrons. The Balaban J connectivity index is 1.16. The molecule has 5 rings (SSSR count). The Bertz CT molecular complexity index is 1210. The smallest absolute Gasteiger partial charge is 0.407 e. The van der Waals surface area contributed by atoms with E-state index < -0.39 is 21.9 Å². The predicted octanol–water partition coefficient (Wildman–Crippen LogP) is 2.14. The van der Waals surface area contributed by atoms with Crippen LogP contribution in [0.2, 0.25) is 0 Å². The van der Waals surface area contributed by atoms with Gasteiger partial charge < -0.3 is 20.7 Å². The number of carbonyl (C=O) groups is 3. The number of ether oxygens (including phenoxy) is 1. The number of hydrogen-bond acceptors (Lipinski definition) is 6. The summed E-state index contributed by atoms with van der Waals surface area (Å²) in [5.41, 5.74) is 1.48. The lowest BCUT2D eigenvalue weighted by atomic mass is 9.99. The molecule has 3 amide bonds. The molecule has 0 aliphatic carbocycles. The van der Waals surface area contributed by atoms with Crippen LogP contribution in [0.15, 0.2) is 18.2 Å². The number of hydrogen-bond donors (Lipinski definition) is 3. The molecule has 4 heterocycles. The molecule has 3 saturated heterocycles. The fourth-order valence-electron chi connectivity index (χ4n) is 6.11. The largest absolute Gasteiger partial charge is 0.444 e. The van der Waals surface area contributed by atoms with E-state index in [1.165, 1.54) is 4.31 Å². The highest BCUT2D eigenvalue weighted by Crippen LogP contribution is 2.39. The van der Waals surface area contributed by atoms with Gasteiger partial charge in [-0.15, -0.1) is 0 Å². The van der Waals surface area contributed by atoms with Crippen molar-refractivity contribution in [2.75, 3.05) is 18.4 Å². The Morgan fingerprint density at radius 3 is 2.29 bits per heavy atom. The Morgan fingerprint density at radius 2 is 1.66 bits per heavy atom. The van der Waals surface area contributed by atoms with Crippen LogP contribution in [-0.4, -0.2) is 77.8 Å². The molecule has 38 heavy (non-hydrogen) atoms. The van der Waals surface area contributed by atoms with Crippen LogP contribution in [-0.2, 0) is 26.2 Å². The summed E-state index contributed by atoms with van der Waals surface area (Å²) in [6, 6.07) is 4.67. The predicted molar refractivity (Wildman–Crippen MR) is 141 cm³/mol. The van der Waals surface area contributed by atoms with E-state index in [-0.39, 0.29) is 42.4 Å². The van der Waals surface area contributed by atoms with Gasteiger partial charge in [0.1, 0.15) is 5.60 Å². The zero-order valence-electron chi connectivity index (χ0n) is 22.2. The Kier molecular flexibility index (Phi) is 7.16. The normalized spacial score (nSPS) is 26.5. The van der Waals surface area contributed by atoms with E-state index in [1.807, 2.05) is 0 Å². The standard InChI is InChI=1S/C26H37N5O6S/c1-26(2,3)37-25(34)28-18-8-10-30(11-9-18)38(35,36)31-20-5-6-21(31)15-19(14-20)27-24(33)16-4-7-22-17(12-16)13-23(32)29-22/h4,7,12,18-21H,5-6,8-11,13-15H2,1-3H3,(H,27,33)(H,28,34)(H,29,32)/t19-,20-,21+. The molecule has 12 heteroatoms. The molecule has 2 bridgehead atoms. The van der Waals surface area contributed by atoms with Crippen LogP contribution in [0.1, 0.15) is 75.2 Å². The summed E-state index contributed by atoms with van der Waals surface area (Å²) < 4.78 is 35.8. The van der Waals surface area contributed by atoms with Crippen molar-refractivity contribution in [3.05, 3.63) is 29.3 Å². The molecule has 0 spiro atoms. The second kappa shape index (κ2) is 10.1. The minimum atomic E-state index is -3.65. The second-order valence-corrected chi connectivity index (χ2v) is 13.6. The molecule has 3 N–H and O–H groups in total. The molecule has 0 aromatic heterocycles. The van der Waals surface area contributed by atoms with Crippen molar-refractivity contribution >= 4 is 33.8 Å². The third-order valence-electron chi connectivity index (χ3n) is 7.76. The molecule has 1 aromatic carbocycles. The lowest BCUT2D eigenvalue weighted by molar-refractivity contribution is -0.115. The summed E-state index contributed by atoms with van der Waals surface area (Å²) in [6.45, 7) is 6.10. The van der Waals surface area contributed by atoms with E-state index in [1.54, 1.807) is 43.3 Å². The number of anilines is 1. The van der Waals surface area contributed by atoms with Gasteiger partial charge in [0.25, 0.3) is 16.1 Å². The van der Waals surface area contributed by atoms with Gasteiger partial charge in [-0.05, 0) is 83.1 Å². The third kappa shape index (κ3) is 5.67. The van der Waals surface area contributed by atoms with E-state index >= 15 is 0 Å². The van der Waals surface area contributed by atoms with Gasteiger partial charge in [0.2, 0.25) is 5.91 Å². The van der Waals surface area contributed by atoms with E-state index in [0.717, 1.165) is 24.1 Å². The van der Waals surface area contributed by atoms with E-state index in [0.29, 0.717) is 44.3 Å². The van der Waals surface area contributed by atoms with Crippen LogP contribution < -0.4 is 16.0 Å². The number of nitrogens with one attached hydrogen (secondary N) is 3. The molecule has 208 valence electrons. The molecule has 3 fully saturated rings. The van der Waals surface area contributed by atoms with Crippen molar-refractivity contribution in [3.63, 3.8) is 0 Å². The number of amides is 3. The molecule has 4 aliphatic heterocycles. The minimum Gasteiger partial charge on any atom is -0.444 e. The summed E-state index contributed by atoms with van der Waals surface area (Å²) >= 11 is 0. The third-order valence-corrected chi connectivity index (χ3v) is 9.91. The molecular weight excluding hydrogens is 510 g/mol. The maximum atomic E-state index is 13.6. The Hall–Kier alpha value is -2.70. The monoisotopic (exact) mass is 547 g/mol. The SMILES string of the molecule is CC(C)(C)OC(=O)NC1CCN(S(=O)(=O)N2[C@@H]3CC[C@H]2C[C@H](NC(=O)c2ccc4c(c2)CC(=O)N4)C3)CC1. The molecular formula is C26H37N5O6S. The highest BCUT2D eigenvalue weighted by molar-refractivity contribution is 7.86. The van der Waals surface area contributed by atoms with Crippen molar-refractivity contribution < 1.29 is 27.5 Å². The fourth-order valence-corrected chi connectivity index (χ4v) is 8.18. The summed E-state index contributed by atoms with van der Waals surface area (Å²) in [7, 11) is -3.65. The van der Waals surface area contributed by atoms with Crippen LogP contribution in [0.25, 0.3) is 0 Å². The van der Waals surface area contributed by atoms with Gasteiger partial charge in [0.15, 0.2) is 0 Å². The average Bonchev–Trinajstić information content (AvgIpc) is 3.34. The summed E-state index contributed by atoms with van der Waals surface area (Å²) in [5.74, 6) is -0.279. The molecule has 11 nitrogen and oxygen atoms in total. The van der Waals surface area contributed by atoms with Crippen molar-refractivity contribution in [1.82, 2.24) is 19.2 Å². The lowest BCUT2D eigenvalue weighted by Crippen LogP contribution is -2.57. The van der Waals surface area contributed by atoms with Crippen LogP contribution in [0.4, 0.5) is 10.5 Å².